The van der Waals surface area contributed by atoms with Crippen molar-refractivity contribution in [2.24, 2.45) is 0 Å². The van der Waals surface area contributed by atoms with E-state index in [1.807, 2.05) is 4.72 Å². The fourth-order valence-corrected chi connectivity index (χ4v) is 2.60. The summed E-state index contributed by atoms with van der Waals surface area (Å²) in [6.07, 6.45) is 0. The zero-order chi connectivity index (χ0) is 13.0. The predicted molar refractivity (Wildman–Crippen MR) is 64.6 cm³/mol. The summed E-state index contributed by atoms with van der Waals surface area (Å²) >= 11 is 0. The van der Waals surface area contributed by atoms with E-state index in [1.165, 1.54) is 17.0 Å². The zero-order valence-corrected chi connectivity index (χ0v) is 10.5. The number of ether oxygens (including phenoxy) is 1. The Hall–Kier alpha value is -1.60. The lowest BCUT2D eigenvalue weighted by atomic mass is 10.4. The van der Waals surface area contributed by atoms with Crippen molar-refractivity contribution in [1.29, 1.82) is 0 Å². The van der Waals surface area contributed by atoms with Crippen LogP contribution >= 0.6 is 0 Å². The van der Waals surface area contributed by atoms with E-state index in [0.717, 1.165) is 0 Å². The van der Waals surface area contributed by atoms with Gasteiger partial charge >= 0.3 is 6.03 Å². The van der Waals surface area contributed by atoms with Gasteiger partial charge in [0.25, 0.3) is 10.0 Å². The first kappa shape index (κ1) is 12.8. The lowest BCUT2D eigenvalue weighted by Crippen LogP contribution is -2.47. The normalized spacial score (nSPS) is 16.3. The number of amides is 2. The second-order valence-corrected chi connectivity index (χ2v) is 5.51. The summed E-state index contributed by atoms with van der Waals surface area (Å²) < 4.78 is 30.9. The monoisotopic (exact) mass is 270 g/mol. The Kier molecular flexibility index (Phi) is 3.83. The molecule has 1 heterocycles. The molecule has 1 saturated heterocycles. The van der Waals surface area contributed by atoms with Crippen LogP contribution in [0.1, 0.15) is 0 Å². The van der Waals surface area contributed by atoms with Crippen LogP contribution in [-0.4, -0.2) is 45.7 Å². The largest absolute Gasteiger partial charge is 0.378 e. The van der Waals surface area contributed by atoms with Gasteiger partial charge in [0.05, 0.1) is 18.1 Å². The van der Waals surface area contributed by atoms with Crippen molar-refractivity contribution in [3.05, 3.63) is 30.3 Å². The summed E-state index contributed by atoms with van der Waals surface area (Å²) in [5.74, 6) is 0. The van der Waals surface area contributed by atoms with Crippen molar-refractivity contribution in [3.63, 3.8) is 0 Å². The van der Waals surface area contributed by atoms with E-state index in [4.69, 9.17) is 4.74 Å². The van der Waals surface area contributed by atoms with E-state index < -0.39 is 16.1 Å². The number of hydrogen-bond donors (Lipinski definition) is 1. The minimum absolute atomic E-state index is 0.0756. The molecule has 0 unspecified atom stereocenters. The Bertz CT molecular complexity index is 509. The molecule has 1 aromatic rings. The van der Waals surface area contributed by atoms with E-state index in [-0.39, 0.29) is 4.90 Å². The van der Waals surface area contributed by atoms with Gasteiger partial charge in [0.1, 0.15) is 0 Å². The second-order valence-electron chi connectivity index (χ2n) is 3.82. The van der Waals surface area contributed by atoms with Crippen molar-refractivity contribution in [3.8, 4) is 0 Å². The molecular weight excluding hydrogens is 256 g/mol. The molecule has 6 nitrogen and oxygen atoms in total. The lowest BCUT2D eigenvalue weighted by molar-refractivity contribution is 0.0545. The highest BCUT2D eigenvalue weighted by Crippen LogP contribution is 2.08. The molecule has 98 valence electrons. The number of benzene rings is 1. The topological polar surface area (TPSA) is 75.7 Å². The molecule has 0 atom stereocenters. The number of urea groups is 1. The number of carbonyl (C=O) groups excluding carboxylic acids is 1. The highest BCUT2D eigenvalue weighted by molar-refractivity contribution is 7.90. The van der Waals surface area contributed by atoms with Gasteiger partial charge in [-0.2, -0.15) is 0 Å². The summed E-state index contributed by atoms with van der Waals surface area (Å²) in [5, 5.41) is 0. The van der Waals surface area contributed by atoms with Crippen LogP contribution in [0.5, 0.6) is 0 Å². The number of sulfonamides is 1. The van der Waals surface area contributed by atoms with E-state index in [9.17, 15) is 13.2 Å². The molecule has 7 heteroatoms. The average Bonchev–Trinajstić information content (AvgIpc) is 2.40. The average molecular weight is 270 g/mol. The van der Waals surface area contributed by atoms with E-state index >= 15 is 0 Å². The Labute approximate surface area is 106 Å². The van der Waals surface area contributed by atoms with Crippen LogP contribution in [-0.2, 0) is 14.8 Å². The van der Waals surface area contributed by atoms with Gasteiger partial charge in [0.15, 0.2) is 0 Å². The van der Waals surface area contributed by atoms with Gasteiger partial charge in [0, 0.05) is 13.1 Å². The fourth-order valence-electron chi connectivity index (χ4n) is 1.60. The van der Waals surface area contributed by atoms with Crippen LogP contribution in [0.4, 0.5) is 4.79 Å². The quantitative estimate of drug-likeness (QED) is 0.845. The van der Waals surface area contributed by atoms with E-state index in [1.54, 1.807) is 18.2 Å². The highest BCUT2D eigenvalue weighted by atomic mass is 32.2. The van der Waals surface area contributed by atoms with Crippen molar-refractivity contribution in [1.82, 2.24) is 9.62 Å². The summed E-state index contributed by atoms with van der Waals surface area (Å²) in [5.41, 5.74) is 0. The summed E-state index contributed by atoms with van der Waals surface area (Å²) in [4.78, 5) is 13.3. The molecule has 0 bridgehead atoms. The molecule has 1 N–H and O–H groups in total. The summed E-state index contributed by atoms with van der Waals surface area (Å²) in [6.45, 7) is 1.66. The Morgan fingerprint density at radius 2 is 1.78 bits per heavy atom. The molecule has 1 aliphatic rings. The third-order valence-electron chi connectivity index (χ3n) is 2.57. The maximum Gasteiger partial charge on any atom is 0.331 e. The number of nitrogens with one attached hydrogen (secondary N) is 1. The molecule has 0 radical (unpaired) electrons. The first-order valence-corrected chi connectivity index (χ1v) is 7.02. The molecule has 1 aliphatic heterocycles. The van der Waals surface area contributed by atoms with E-state index in [0.29, 0.717) is 26.3 Å². The van der Waals surface area contributed by atoms with Gasteiger partial charge in [-0.25, -0.2) is 17.9 Å². The van der Waals surface area contributed by atoms with Crippen molar-refractivity contribution in [2.45, 2.75) is 4.90 Å². The van der Waals surface area contributed by atoms with Crippen LogP contribution in [0.25, 0.3) is 0 Å². The second kappa shape index (κ2) is 5.36. The van der Waals surface area contributed by atoms with Crippen LogP contribution < -0.4 is 4.72 Å². The highest BCUT2D eigenvalue weighted by Gasteiger charge is 2.22. The van der Waals surface area contributed by atoms with Gasteiger partial charge in [-0.1, -0.05) is 18.2 Å². The molecule has 0 aromatic heterocycles. The zero-order valence-electron chi connectivity index (χ0n) is 9.70. The van der Waals surface area contributed by atoms with Gasteiger partial charge in [0.2, 0.25) is 0 Å². The fraction of sp³-hybridized carbons (Fsp3) is 0.364. The van der Waals surface area contributed by atoms with Crippen LogP contribution in [0, 0.1) is 0 Å². The van der Waals surface area contributed by atoms with Crippen molar-refractivity contribution < 1.29 is 17.9 Å². The number of morpholine rings is 1. The van der Waals surface area contributed by atoms with Gasteiger partial charge in [-0.05, 0) is 12.1 Å². The smallest absolute Gasteiger partial charge is 0.331 e. The predicted octanol–water partition coefficient (Wildman–Crippen LogP) is 0.417. The standard InChI is InChI=1S/C11H14N2O4S/c14-11(13-6-8-17-9-7-13)12-18(15,16)10-4-2-1-3-5-10/h1-5H,6-9H2,(H,12,14). The van der Waals surface area contributed by atoms with Gasteiger partial charge in [-0.15, -0.1) is 0 Å². The minimum Gasteiger partial charge on any atom is -0.378 e. The maximum atomic E-state index is 11.9. The molecule has 2 rings (SSSR count). The summed E-state index contributed by atoms with van der Waals surface area (Å²) in [6, 6.07) is 7.19. The van der Waals surface area contributed by atoms with Crippen LogP contribution in [0.3, 0.4) is 0 Å². The number of carbonyl (C=O) groups is 1. The molecule has 2 amide bonds. The Balaban J connectivity index is 2.06. The van der Waals surface area contributed by atoms with Crippen molar-refractivity contribution in [2.75, 3.05) is 26.3 Å². The molecule has 0 saturated carbocycles. The Morgan fingerprint density at radius 1 is 1.17 bits per heavy atom. The molecule has 0 spiro atoms. The lowest BCUT2D eigenvalue weighted by Gasteiger charge is -2.26. The Morgan fingerprint density at radius 3 is 2.39 bits per heavy atom. The SMILES string of the molecule is O=C(NS(=O)(=O)c1ccccc1)N1CCOCC1. The molecule has 18 heavy (non-hydrogen) atoms. The number of nitrogens with zero attached hydrogens (tertiary/aromatic N) is 1. The van der Waals surface area contributed by atoms with Crippen molar-refractivity contribution >= 4 is 16.1 Å². The molecule has 1 fully saturated rings. The third-order valence-corrected chi connectivity index (χ3v) is 3.91. The van der Waals surface area contributed by atoms with Gasteiger partial charge < -0.3 is 9.64 Å². The van der Waals surface area contributed by atoms with E-state index in [2.05, 4.69) is 0 Å². The molecular formula is C11H14N2O4S. The van der Waals surface area contributed by atoms with Crippen LogP contribution in [0.2, 0.25) is 0 Å². The third kappa shape index (κ3) is 2.99. The van der Waals surface area contributed by atoms with Crippen LogP contribution in [0.15, 0.2) is 35.2 Å². The number of rotatable bonds is 2. The first-order valence-electron chi connectivity index (χ1n) is 5.54. The first-order chi connectivity index (χ1) is 8.59. The molecule has 0 aliphatic carbocycles. The minimum atomic E-state index is -3.79. The molecule has 1 aromatic carbocycles. The number of hydrogen-bond acceptors (Lipinski definition) is 4. The maximum absolute atomic E-state index is 11.9. The summed E-state index contributed by atoms with van der Waals surface area (Å²) in [7, 11) is -3.79. The van der Waals surface area contributed by atoms with Gasteiger partial charge in [-0.3, -0.25) is 0 Å².